The van der Waals surface area contributed by atoms with Gasteiger partial charge in [-0.15, -0.1) is 0 Å². The molecule has 8 heteroatoms. The van der Waals surface area contributed by atoms with Crippen LogP contribution in [0, 0.1) is 6.92 Å². The molecule has 0 bridgehead atoms. The van der Waals surface area contributed by atoms with E-state index < -0.39 is 6.10 Å². The first-order chi connectivity index (χ1) is 15.4. The van der Waals surface area contributed by atoms with E-state index in [1.165, 1.54) is 4.68 Å². The molecule has 166 valence electrons. The molecule has 0 spiro atoms. The van der Waals surface area contributed by atoms with Gasteiger partial charge < -0.3 is 14.5 Å². The van der Waals surface area contributed by atoms with Crippen molar-refractivity contribution in [3.8, 4) is 11.4 Å². The van der Waals surface area contributed by atoms with Gasteiger partial charge >= 0.3 is 0 Å². The van der Waals surface area contributed by atoms with Crippen molar-refractivity contribution in [2.24, 2.45) is 0 Å². The molecule has 1 saturated heterocycles. The molecule has 0 saturated carbocycles. The van der Waals surface area contributed by atoms with Crippen molar-refractivity contribution in [2.45, 2.75) is 20.0 Å². The molecule has 1 fully saturated rings. The van der Waals surface area contributed by atoms with Crippen LogP contribution in [0.4, 0.5) is 5.69 Å². The Morgan fingerprint density at radius 1 is 1.03 bits per heavy atom. The molecule has 7 nitrogen and oxygen atoms in total. The summed E-state index contributed by atoms with van der Waals surface area (Å²) in [4.78, 5) is 29.3. The fourth-order valence-corrected chi connectivity index (χ4v) is 3.94. The Kier molecular flexibility index (Phi) is 6.46. The average molecular weight is 453 g/mol. The third-order valence-electron chi connectivity index (χ3n) is 5.51. The Labute approximate surface area is 191 Å². The highest BCUT2D eigenvalue weighted by Gasteiger charge is 2.27. The van der Waals surface area contributed by atoms with Crippen LogP contribution in [0.1, 0.15) is 12.5 Å². The van der Waals surface area contributed by atoms with E-state index in [1.807, 2.05) is 54.3 Å². The minimum Gasteiger partial charge on any atom is -0.481 e. The average Bonchev–Trinajstić information content (AvgIpc) is 2.82. The van der Waals surface area contributed by atoms with Gasteiger partial charge in [0.25, 0.3) is 11.5 Å². The number of amides is 1. The zero-order valence-corrected chi connectivity index (χ0v) is 18.8. The topological polar surface area (TPSA) is 67.7 Å². The Morgan fingerprint density at radius 3 is 2.34 bits per heavy atom. The first-order valence-corrected chi connectivity index (χ1v) is 10.9. The molecule has 0 unspecified atom stereocenters. The molecule has 1 amide bonds. The van der Waals surface area contributed by atoms with Crippen molar-refractivity contribution in [3.05, 3.63) is 81.7 Å². The quantitative estimate of drug-likeness (QED) is 0.594. The number of piperazine rings is 1. The maximum atomic E-state index is 12.8. The molecule has 32 heavy (non-hydrogen) atoms. The number of para-hydroxylation sites is 1. The van der Waals surface area contributed by atoms with Crippen LogP contribution in [0.3, 0.4) is 0 Å². The van der Waals surface area contributed by atoms with E-state index in [0.29, 0.717) is 43.3 Å². The minimum atomic E-state index is -0.579. The second-order valence-electron chi connectivity index (χ2n) is 7.78. The lowest BCUT2D eigenvalue weighted by atomic mass is 10.2. The Hall–Kier alpha value is -3.32. The van der Waals surface area contributed by atoms with Crippen LogP contribution >= 0.6 is 11.6 Å². The molecule has 1 atom stereocenters. The van der Waals surface area contributed by atoms with E-state index in [4.69, 9.17) is 16.3 Å². The Balaban J connectivity index is 1.40. The molecule has 0 N–H and O–H groups in total. The predicted octanol–water partition coefficient (Wildman–Crippen LogP) is 3.31. The monoisotopic (exact) mass is 452 g/mol. The SMILES string of the molecule is Cc1ccc(O[C@H](C)C(=O)N2CCN(c3cnn(-c4ccccc4)c(=O)c3Cl)CC2)cc1. The number of carbonyl (C=O) groups excluding carboxylic acids is 1. The van der Waals surface area contributed by atoms with Gasteiger partial charge in [0.2, 0.25) is 0 Å². The highest BCUT2D eigenvalue weighted by atomic mass is 35.5. The lowest BCUT2D eigenvalue weighted by molar-refractivity contribution is -0.138. The first-order valence-electron chi connectivity index (χ1n) is 10.5. The van der Waals surface area contributed by atoms with Gasteiger partial charge in [-0.1, -0.05) is 47.5 Å². The third-order valence-corrected chi connectivity index (χ3v) is 5.87. The summed E-state index contributed by atoms with van der Waals surface area (Å²) in [6, 6.07) is 16.8. The molecule has 4 rings (SSSR count). The summed E-state index contributed by atoms with van der Waals surface area (Å²) in [7, 11) is 0. The van der Waals surface area contributed by atoms with Gasteiger partial charge in [-0.2, -0.15) is 9.78 Å². The Bertz CT molecular complexity index is 1140. The highest BCUT2D eigenvalue weighted by Crippen LogP contribution is 2.23. The number of ether oxygens (including phenoxy) is 1. The first kappa shape index (κ1) is 21.9. The highest BCUT2D eigenvalue weighted by molar-refractivity contribution is 6.33. The smallest absolute Gasteiger partial charge is 0.292 e. The van der Waals surface area contributed by atoms with Crippen LogP contribution < -0.4 is 15.2 Å². The maximum Gasteiger partial charge on any atom is 0.292 e. The van der Waals surface area contributed by atoms with Crippen molar-refractivity contribution in [1.82, 2.24) is 14.7 Å². The summed E-state index contributed by atoms with van der Waals surface area (Å²) in [5.74, 6) is 0.612. The lowest BCUT2D eigenvalue weighted by Crippen LogP contribution is -2.52. The molecule has 1 aliphatic rings. The molecule has 0 aliphatic carbocycles. The summed E-state index contributed by atoms with van der Waals surface area (Å²) >= 11 is 6.42. The summed E-state index contributed by atoms with van der Waals surface area (Å²) in [6.07, 6.45) is 1.03. The number of rotatable bonds is 5. The minimum absolute atomic E-state index is 0.0612. The number of aromatic nitrogens is 2. The summed E-state index contributed by atoms with van der Waals surface area (Å²) < 4.78 is 7.09. The number of benzene rings is 2. The second-order valence-corrected chi connectivity index (χ2v) is 8.16. The molecule has 2 heterocycles. The van der Waals surface area contributed by atoms with Gasteiger partial charge in [0.05, 0.1) is 17.6 Å². The van der Waals surface area contributed by atoms with E-state index in [2.05, 4.69) is 5.10 Å². The maximum absolute atomic E-state index is 12.8. The standard InChI is InChI=1S/C24H25ClN4O3/c1-17-8-10-20(11-9-17)32-18(2)23(30)28-14-12-27(13-15-28)21-16-26-29(24(31)22(21)25)19-6-4-3-5-7-19/h3-11,16,18H,12-15H2,1-2H3/t18-/m1/s1. The van der Waals surface area contributed by atoms with Crippen LogP contribution in [0.15, 0.2) is 65.6 Å². The van der Waals surface area contributed by atoms with Gasteiger partial charge in [-0.3, -0.25) is 9.59 Å². The molecule has 0 radical (unpaired) electrons. The van der Waals surface area contributed by atoms with Crippen molar-refractivity contribution < 1.29 is 9.53 Å². The van der Waals surface area contributed by atoms with E-state index >= 15 is 0 Å². The molecule has 1 aliphatic heterocycles. The fraction of sp³-hybridized carbons (Fsp3) is 0.292. The number of anilines is 1. The van der Waals surface area contributed by atoms with Crippen LogP contribution in [0.25, 0.3) is 5.69 Å². The molecule has 1 aromatic heterocycles. The summed E-state index contributed by atoms with van der Waals surface area (Å²) in [5.41, 5.74) is 2.01. The largest absolute Gasteiger partial charge is 0.481 e. The summed E-state index contributed by atoms with van der Waals surface area (Å²) in [5, 5.41) is 4.42. The van der Waals surface area contributed by atoms with E-state index in [0.717, 1.165) is 5.56 Å². The molecular formula is C24H25ClN4O3. The number of hydrogen-bond acceptors (Lipinski definition) is 5. The van der Waals surface area contributed by atoms with Crippen molar-refractivity contribution in [3.63, 3.8) is 0 Å². The van der Waals surface area contributed by atoms with Crippen LogP contribution in [-0.2, 0) is 4.79 Å². The Morgan fingerprint density at radius 2 is 1.69 bits per heavy atom. The van der Waals surface area contributed by atoms with Crippen LogP contribution in [0.5, 0.6) is 5.75 Å². The number of carbonyl (C=O) groups is 1. The van der Waals surface area contributed by atoms with Gasteiger partial charge in [0.15, 0.2) is 6.10 Å². The van der Waals surface area contributed by atoms with Crippen molar-refractivity contribution >= 4 is 23.2 Å². The number of halogens is 1. The lowest BCUT2D eigenvalue weighted by Gasteiger charge is -2.37. The van der Waals surface area contributed by atoms with Crippen molar-refractivity contribution in [2.75, 3.05) is 31.1 Å². The van der Waals surface area contributed by atoms with E-state index in [1.54, 1.807) is 30.2 Å². The number of nitrogens with zero attached hydrogens (tertiary/aromatic N) is 4. The zero-order valence-electron chi connectivity index (χ0n) is 18.1. The normalized spacial score (nSPS) is 14.8. The van der Waals surface area contributed by atoms with Gasteiger partial charge in [-0.25, -0.2) is 0 Å². The molecule has 2 aromatic carbocycles. The van der Waals surface area contributed by atoms with E-state index in [9.17, 15) is 9.59 Å². The summed E-state index contributed by atoms with van der Waals surface area (Å²) in [6.45, 7) is 5.90. The van der Waals surface area contributed by atoms with Crippen molar-refractivity contribution in [1.29, 1.82) is 0 Å². The number of aryl methyl sites for hydroxylation is 1. The molecular weight excluding hydrogens is 428 g/mol. The fourth-order valence-electron chi connectivity index (χ4n) is 3.69. The second kappa shape index (κ2) is 9.44. The van der Waals surface area contributed by atoms with Gasteiger partial charge in [0, 0.05) is 26.2 Å². The third kappa shape index (κ3) is 4.62. The van der Waals surface area contributed by atoms with E-state index in [-0.39, 0.29) is 16.5 Å². The van der Waals surface area contributed by atoms with Crippen LogP contribution in [-0.4, -0.2) is 52.9 Å². The molecule has 3 aromatic rings. The van der Waals surface area contributed by atoms with Gasteiger partial charge in [-0.05, 0) is 38.1 Å². The number of hydrogen-bond donors (Lipinski definition) is 0. The zero-order chi connectivity index (χ0) is 22.7. The van der Waals surface area contributed by atoms with Crippen LogP contribution in [0.2, 0.25) is 5.02 Å². The predicted molar refractivity (Wildman–Crippen MR) is 125 cm³/mol. The van der Waals surface area contributed by atoms with Gasteiger partial charge in [0.1, 0.15) is 10.8 Å².